The number of hydrogen-bond donors (Lipinski definition) is 0. The normalized spacial score (nSPS) is 30.4. The third-order valence-corrected chi connectivity index (χ3v) is 4.85. The van der Waals surface area contributed by atoms with E-state index >= 15 is 0 Å². The van der Waals surface area contributed by atoms with Crippen molar-refractivity contribution in [3.8, 4) is 0 Å². The van der Waals surface area contributed by atoms with Crippen LogP contribution in [0.5, 0.6) is 0 Å². The molecule has 1 saturated heterocycles. The van der Waals surface area contributed by atoms with Gasteiger partial charge in [-0.25, -0.2) is 0 Å². The molecule has 0 radical (unpaired) electrons. The van der Waals surface area contributed by atoms with Crippen molar-refractivity contribution in [2.75, 3.05) is 6.54 Å². The monoisotopic (exact) mass is 223 g/mol. The fraction of sp³-hybridized carbons (Fsp3) is 1.00. The first-order valence-corrected chi connectivity index (χ1v) is 7.25. The molecule has 1 saturated carbocycles. The summed E-state index contributed by atoms with van der Waals surface area (Å²) in [4.78, 5) is 2.71. The molecule has 1 aliphatic carbocycles. The Hall–Kier alpha value is -0.0400. The van der Waals surface area contributed by atoms with Gasteiger partial charge in [-0.1, -0.05) is 32.6 Å². The van der Waals surface area contributed by atoms with E-state index in [1.807, 2.05) is 0 Å². The molecule has 16 heavy (non-hydrogen) atoms. The molecule has 0 bridgehead atoms. The van der Waals surface area contributed by atoms with Gasteiger partial charge in [-0.3, -0.25) is 4.90 Å². The summed E-state index contributed by atoms with van der Waals surface area (Å²) in [5.41, 5.74) is 0.387. The third kappa shape index (κ3) is 2.61. The van der Waals surface area contributed by atoms with Crippen molar-refractivity contribution in [3.63, 3.8) is 0 Å². The first-order valence-electron chi connectivity index (χ1n) is 7.25. The van der Waals surface area contributed by atoms with Gasteiger partial charge >= 0.3 is 0 Å². The van der Waals surface area contributed by atoms with E-state index in [1.165, 1.54) is 45.1 Å². The van der Waals surface area contributed by atoms with Gasteiger partial charge in [-0.15, -0.1) is 0 Å². The summed E-state index contributed by atoms with van der Waals surface area (Å²) in [5, 5.41) is 0. The number of likely N-dealkylation sites (tertiary alicyclic amines) is 1. The van der Waals surface area contributed by atoms with E-state index in [1.54, 1.807) is 0 Å². The number of rotatable bonds is 3. The Morgan fingerprint density at radius 2 is 1.75 bits per heavy atom. The van der Waals surface area contributed by atoms with Crippen LogP contribution in [0.2, 0.25) is 0 Å². The van der Waals surface area contributed by atoms with E-state index in [9.17, 15) is 0 Å². The van der Waals surface area contributed by atoms with Crippen LogP contribution in [0.3, 0.4) is 0 Å². The zero-order valence-corrected chi connectivity index (χ0v) is 11.6. The van der Waals surface area contributed by atoms with Crippen molar-refractivity contribution < 1.29 is 0 Å². The van der Waals surface area contributed by atoms with Crippen LogP contribution in [-0.4, -0.2) is 23.0 Å². The molecule has 0 spiro atoms. The van der Waals surface area contributed by atoms with Crippen molar-refractivity contribution in [2.45, 2.75) is 77.8 Å². The van der Waals surface area contributed by atoms with Gasteiger partial charge < -0.3 is 0 Å². The molecule has 94 valence electrons. The van der Waals surface area contributed by atoms with E-state index in [0.29, 0.717) is 5.54 Å². The SMILES string of the molecule is CC(CC1CCN1C(C)(C)C)C1CCCC1. The van der Waals surface area contributed by atoms with Crippen molar-refractivity contribution in [2.24, 2.45) is 11.8 Å². The summed E-state index contributed by atoms with van der Waals surface area (Å²) >= 11 is 0. The molecule has 0 aromatic carbocycles. The van der Waals surface area contributed by atoms with Gasteiger partial charge in [-0.05, 0) is 45.4 Å². The second-order valence-electron chi connectivity index (χ2n) is 7.06. The fourth-order valence-corrected chi connectivity index (χ4v) is 3.72. The minimum Gasteiger partial charge on any atom is -0.295 e. The van der Waals surface area contributed by atoms with Gasteiger partial charge in [-0.2, -0.15) is 0 Å². The minimum atomic E-state index is 0.387. The van der Waals surface area contributed by atoms with E-state index in [-0.39, 0.29) is 0 Å². The highest BCUT2D eigenvalue weighted by atomic mass is 15.3. The van der Waals surface area contributed by atoms with Crippen LogP contribution < -0.4 is 0 Å². The fourth-order valence-electron chi connectivity index (χ4n) is 3.72. The largest absolute Gasteiger partial charge is 0.295 e. The predicted octanol–water partition coefficient (Wildman–Crippen LogP) is 4.08. The molecule has 1 heterocycles. The van der Waals surface area contributed by atoms with Gasteiger partial charge in [0.15, 0.2) is 0 Å². The Bertz CT molecular complexity index is 222. The molecular weight excluding hydrogens is 194 g/mol. The number of nitrogens with zero attached hydrogens (tertiary/aromatic N) is 1. The molecule has 1 heteroatoms. The van der Waals surface area contributed by atoms with Gasteiger partial charge in [0.25, 0.3) is 0 Å². The van der Waals surface area contributed by atoms with E-state index in [2.05, 4.69) is 32.6 Å². The third-order valence-electron chi connectivity index (χ3n) is 4.85. The van der Waals surface area contributed by atoms with Crippen LogP contribution >= 0.6 is 0 Å². The summed E-state index contributed by atoms with van der Waals surface area (Å²) in [7, 11) is 0. The van der Waals surface area contributed by atoms with Crippen LogP contribution in [0.25, 0.3) is 0 Å². The van der Waals surface area contributed by atoms with Crippen LogP contribution in [0.15, 0.2) is 0 Å². The standard InChI is InChI=1S/C15H29N/c1-12(13-7-5-6-8-13)11-14-9-10-16(14)15(2,3)4/h12-14H,5-11H2,1-4H3. The highest BCUT2D eigenvalue weighted by Crippen LogP contribution is 2.37. The maximum Gasteiger partial charge on any atom is 0.0128 e. The summed E-state index contributed by atoms with van der Waals surface area (Å²) in [6.45, 7) is 10.9. The lowest BCUT2D eigenvalue weighted by atomic mass is 9.82. The summed E-state index contributed by atoms with van der Waals surface area (Å²) in [6, 6.07) is 0.885. The van der Waals surface area contributed by atoms with Crippen molar-refractivity contribution in [3.05, 3.63) is 0 Å². The second-order valence-corrected chi connectivity index (χ2v) is 7.06. The van der Waals surface area contributed by atoms with E-state index < -0.39 is 0 Å². The van der Waals surface area contributed by atoms with E-state index in [0.717, 1.165) is 17.9 Å². The number of hydrogen-bond acceptors (Lipinski definition) is 1. The lowest BCUT2D eigenvalue weighted by molar-refractivity contribution is -0.0133. The first kappa shape index (κ1) is 12.4. The van der Waals surface area contributed by atoms with E-state index in [4.69, 9.17) is 0 Å². The average Bonchev–Trinajstić information content (AvgIpc) is 2.61. The molecular formula is C15H29N. The van der Waals surface area contributed by atoms with Gasteiger partial charge in [0.2, 0.25) is 0 Å². The van der Waals surface area contributed by atoms with Crippen molar-refractivity contribution >= 4 is 0 Å². The second kappa shape index (κ2) is 4.68. The Morgan fingerprint density at radius 3 is 2.19 bits per heavy atom. The van der Waals surface area contributed by atoms with Crippen molar-refractivity contribution in [1.82, 2.24) is 4.90 Å². The maximum atomic E-state index is 2.71. The van der Waals surface area contributed by atoms with Crippen LogP contribution in [0.4, 0.5) is 0 Å². The predicted molar refractivity (Wildman–Crippen MR) is 70.6 cm³/mol. The highest BCUT2D eigenvalue weighted by Gasteiger charge is 2.37. The highest BCUT2D eigenvalue weighted by molar-refractivity contribution is 4.92. The molecule has 1 aliphatic heterocycles. The zero-order chi connectivity index (χ0) is 11.8. The molecule has 0 aromatic rings. The average molecular weight is 223 g/mol. The molecule has 2 fully saturated rings. The molecule has 0 amide bonds. The lowest BCUT2D eigenvalue weighted by Gasteiger charge is -2.50. The van der Waals surface area contributed by atoms with Crippen LogP contribution in [0, 0.1) is 11.8 Å². The summed E-state index contributed by atoms with van der Waals surface area (Å²) < 4.78 is 0. The molecule has 0 aromatic heterocycles. The first-order chi connectivity index (χ1) is 7.48. The molecule has 0 N–H and O–H groups in total. The molecule has 1 nitrogen and oxygen atoms in total. The quantitative estimate of drug-likeness (QED) is 0.697. The minimum absolute atomic E-state index is 0.387. The Balaban J connectivity index is 1.81. The maximum absolute atomic E-state index is 2.71. The lowest BCUT2D eigenvalue weighted by Crippen LogP contribution is -2.57. The Kier molecular flexibility index (Phi) is 3.63. The van der Waals surface area contributed by atoms with Crippen molar-refractivity contribution in [1.29, 1.82) is 0 Å². The van der Waals surface area contributed by atoms with Crippen LogP contribution in [-0.2, 0) is 0 Å². The molecule has 2 aliphatic rings. The molecule has 2 rings (SSSR count). The Morgan fingerprint density at radius 1 is 1.12 bits per heavy atom. The summed E-state index contributed by atoms with van der Waals surface area (Å²) in [5.74, 6) is 2.00. The Labute approximate surface area is 102 Å². The zero-order valence-electron chi connectivity index (χ0n) is 11.6. The van der Waals surface area contributed by atoms with Gasteiger partial charge in [0, 0.05) is 18.1 Å². The van der Waals surface area contributed by atoms with Gasteiger partial charge in [0.05, 0.1) is 0 Å². The summed E-state index contributed by atoms with van der Waals surface area (Å²) in [6.07, 6.45) is 8.87. The van der Waals surface area contributed by atoms with Gasteiger partial charge in [0.1, 0.15) is 0 Å². The molecule has 2 unspecified atom stereocenters. The smallest absolute Gasteiger partial charge is 0.0128 e. The van der Waals surface area contributed by atoms with Crippen LogP contribution in [0.1, 0.15) is 66.2 Å². The topological polar surface area (TPSA) is 3.24 Å². The molecule has 2 atom stereocenters.